The predicted octanol–water partition coefficient (Wildman–Crippen LogP) is 6.71. The maximum Gasteiger partial charge on any atom is 0.193 e. The summed E-state index contributed by atoms with van der Waals surface area (Å²) in [6.07, 6.45) is 7.30. The van der Waals surface area contributed by atoms with Crippen LogP contribution in [-0.2, 0) is 0 Å². The average Bonchev–Trinajstić information content (AvgIpc) is 2.71. The molecule has 1 aromatic heterocycles. The van der Waals surface area contributed by atoms with E-state index in [0.29, 0.717) is 18.0 Å². The fraction of sp³-hybridized carbons (Fsp3) is 0.348. The van der Waals surface area contributed by atoms with E-state index in [1.807, 2.05) is 24.3 Å². The van der Waals surface area contributed by atoms with Crippen LogP contribution in [0.2, 0.25) is 0 Å². The van der Waals surface area contributed by atoms with Crippen molar-refractivity contribution >= 4 is 26.9 Å². The molecule has 2 aromatic carbocycles. The van der Waals surface area contributed by atoms with Crippen LogP contribution in [0.5, 0.6) is 5.75 Å². The van der Waals surface area contributed by atoms with E-state index in [2.05, 4.69) is 15.9 Å². The zero-order chi connectivity index (χ0) is 19.8. The second-order valence-corrected chi connectivity index (χ2v) is 7.59. The SMILES string of the molecule is O=c1cc(-c2ccc(OCCCCCCCCBr)cc2)oc2ccc(F)cc12. The molecule has 3 aromatic rings. The van der Waals surface area contributed by atoms with Gasteiger partial charge in [0.2, 0.25) is 0 Å². The molecule has 0 amide bonds. The zero-order valence-electron chi connectivity index (χ0n) is 15.8. The molecule has 0 spiro atoms. The molecule has 0 radical (unpaired) electrons. The molecule has 3 nitrogen and oxygen atoms in total. The summed E-state index contributed by atoms with van der Waals surface area (Å²) < 4.78 is 24.9. The van der Waals surface area contributed by atoms with Crippen LogP contribution >= 0.6 is 15.9 Å². The molecule has 5 heteroatoms. The maximum absolute atomic E-state index is 13.3. The van der Waals surface area contributed by atoms with Crippen LogP contribution in [0.3, 0.4) is 0 Å². The van der Waals surface area contributed by atoms with Crippen LogP contribution in [0.4, 0.5) is 4.39 Å². The Hall–Kier alpha value is -2.14. The summed E-state index contributed by atoms with van der Waals surface area (Å²) in [5, 5.41) is 1.34. The van der Waals surface area contributed by atoms with Gasteiger partial charge in [-0.15, -0.1) is 0 Å². The molecule has 0 aliphatic heterocycles. The molecule has 28 heavy (non-hydrogen) atoms. The summed E-state index contributed by atoms with van der Waals surface area (Å²) in [7, 11) is 0. The van der Waals surface area contributed by atoms with Crippen LogP contribution < -0.4 is 10.2 Å². The molecular weight excluding hydrogens is 423 g/mol. The number of hydrogen-bond donors (Lipinski definition) is 0. The van der Waals surface area contributed by atoms with Crippen molar-refractivity contribution in [1.29, 1.82) is 0 Å². The molecule has 1 heterocycles. The lowest BCUT2D eigenvalue weighted by molar-refractivity contribution is 0.304. The van der Waals surface area contributed by atoms with E-state index in [9.17, 15) is 9.18 Å². The minimum Gasteiger partial charge on any atom is -0.494 e. The van der Waals surface area contributed by atoms with E-state index in [1.165, 1.54) is 56.4 Å². The van der Waals surface area contributed by atoms with Gasteiger partial charge in [-0.2, -0.15) is 0 Å². The number of ether oxygens (including phenoxy) is 1. The number of hydrogen-bond acceptors (Lipinski definition) is 3. The van der Waals surface area contributed by atoms with Gasteiger partial charge in [-0.1, -0.05) is 41.6 Å². The Morgan fingerprint density at radius 2 is 1.61 bits per heavy atom. The molecule has 0 aliphatic rings. The van der Waals surface area contributed by atoms with E-state index in [0.717, 1.165) is 23.1 Å². The number of alkyl halides is 1. The molecule has 0 saturated heterocycles. The van der Waals surface area contributed by atoms with Crippen molar-refractivity contribution in [3.63, 3.8) is 0 Å². The third-order valence-electron chi connectivity index (χ3n) is 4.62. The lowest BCUT2D eigenvalue weighted by Crippen LogP contribution is -2.01. The smallest absolute Gasteiger partial charge is 0.193 e. The van der Waals surface area contributed by atoms with Crippen LogP contribution in [0.1, 0.15) is 38.5 Å². The highest BCUT2D eigenvalue weighted by atomic mass is 79.9. The fourth-order valence-electron chi connectivity index (χ4n) is 3.08. The third-order valence-corrected chi connectivity index (χ3v) is 5.19. The number of rotatable bonds is 10. The molecule has 0 fully saturated rings. The van der Waals surface area contributed by atoms with E-state index < -0.39 is 5.82 Å². The van der Waals surface area contributed by atoms with Crippen molar-refractivity contribution < 1.29 is 13.5 Å². The molecule has 0 atom stereocenters. The molecule has 0 bridgehead atoms. The minimum absolute atomic E-state index is 0.246. The maximum atomic E-state index is 13.3. The summed E-state index contributed by atoms with van der Waals surface area (Å²) in [6.45, 7) is 0.703. The Morgan fingerprint density at radius 3 is 2.36 bits per heavy atom. The zero-order valence-corrected chi connectivity index (χ0v) is 17.3. The van der Waals surface area contributed by atoms with Crippen molar-refractivity contribution in [2.45, 2.75) is 38.5 Å². The Morgan fingerprint density at radius 1 is 0.893 bits per heavy atom. The number of fused-ring (bicyclic) bond motifs is 1. The molecule has 0 saturated carbocycles. The van der Waals surface area contributed by atoms with Gasteiger partial charge < -0.3 is 9.15 Å². The number of halogens is 2. The normalized spacial score (nSPS) is 11.1. The first-order chi connectivity index (χ1) is 13.7. The summed E-state index contributed by atoms with van der Waals surface area (Å²) in [6, 6.07) is 12.8. The van der Waals surface area contributed by atoms with Crippen molar-refractivity contribution in [2.75, 3.05) is 11.9 Å². The second kappa shape index (κ2) is 10.4. The standard InChI is InChI=1S/C23H24BrFO3/c24-13-5-3-1-2-4-6-14-27-19-10-7-17(8-11-19)23-16-21(26)20-15-18(25)9-12-22(20)28-23/h7-12,15-16H,1-6,13-14H2. The molecular formula is C23H24BrFO3. The van der Waals surface area contributed by atoms with Crippen LogP contribution in [0.15, 0.2) is 57.7 Å². The Balaban J connectivity index is 1.55. The molecule has 148 valence electrons. The highest BCUT2D eigenvalue weighted by molar-refractivity contribution is 9.09. The first kappa shape index (κ1) is 20.6. The van der Waals surface area contributed by atoms with E-state index >= 15 is 0 Å². The van der Waals surface area contributed by atoms with Gasteiger partial charge in [0.1, 0.15) is 22.9 Å². The van der Waals surface area contributed by atoms with Crippen LogP contribution in [-0.4, -0.2) is 11.9 Å². The van der Waals surface area contributed by atoms with E-state index in [1.54, 1.807) is 0 Å². The van der Waals surface area contributed by atoms with Gasteiger partial charge in [0.05, 0.1) is 12.0 Å². The molecule has 0 N–H and O–H groups in total. The Labute approximate surface area is 172 Å². The van der Waals surface area contributed by atoms with Gasteiger partial charge in [-0.25, -0.2) is 4.39 Å². The van der Waals surface area contributed by atoms with E-state index in [-0.39, 0.29) is 10.8 Å². The van der Waals surface area contributed by atoms with Crippen molar-refractivity contribution in [3.05, 3.63) is 64.6 Å². The van der Waals surface area contributed by atoms with Crippen LogP contribution in [0.25, 0.3) is 22.3 Å². The average molecular weight is 447 g/mol. The molecule has 0 aliphatic carbocycles. The van der Waals surface area contributed by atoms with Gasteiger partial charge in [0, 0.05) is 17.0 Å². The van der Waals surface area contributed by atoms with Gasteiger partial charge in [-0.05, 0) is 55.3 Å². The lowest BCUT2D eigenvalue weighted by atomic mass is 10.1. The number of unbranched alkanes of at least 4 members (excludes halogenated alkanes) is 5. The first-order valence-corrected chi connectivity index (χ1v) is 10.8. The van der Waals surface area contributed by atoms with Crippen molar-refractivity contribution in [2.24, 2.45) is 0 Å². The molecule has 3 rings (SSSR count). The van der Waals surface area contributed by atoms with Crippen LogP contribution in [0, 0.1) is 5.82 Å². The third kappa shape index (κ3) is 5.68. The van der Waals surface area contributed by atoms with Gasteiger partial charge in [-0.3, -0.25) is 4.79 Å². The second-order valence-electron chi connectivity index (χ2n) is 6.80. The Kier molecular flexibility index (Phi) is 7.66. The quantitative estimate of drug-likeness (QED) is 0.256. The summed E-state index contributed by atoms with van der Waals surface area (Å²) >= 11 is 3.45. The van der Waals surface area contributed by atoms with Crippen molar-refractivity contribution in [3.8, 4) is 17.1 Å². The van der Waals surface area contributed by atoms with Gasteiger partial charge in [0.15, 0.2) is 5.43 Å². The minimum atomic E-state index is -0.451. The summed E-state index contributed by atoms with van der Waals surface area (Å²) in [4.78, 5) is 12.2. The Bertz CT molecular complexity index is 950. The largest absolute Gasteiger partial charge is 0.494 e. The number of benzene rings is 2. The van der Waals surface area contributed by atoms with Gasteiger partial charge >= 0.3 is 0 Å². The first-order valence-electron chi connectivity index (χ1n) is 9.70. The highest BCUT2D eigenvalue weighted by Crippen LogP contribution is 2.25. The van der Waals surface area contributed by atoms with E-state index in [4.69, 9.17) is 9.15 Å². The topological polar surface area (TPSA) is 39.4 Å². The summed E-state index contributed by atoms with van der Waals surface area (Å²) in [5.74, 6) is 0.806. The molecule has 0 unspecified atom stereocenters. The lowest BCUT2D eigenvalue weighted by Gasteiger charge is -2.08. The summed E-state index contributed by atoms with van der Waals surface area (Å²) in [5.41, 5.74) is 0.898. The highest BCUT2D eigenvalue weighted by Gasteiger charge is 2.08. The monoisotopic (exact) mass is 446 g/mol. The fourth-order valence-corrected chi connectivity index (χ4v) is 3.48. The predicted molar refractivity (Wildman–Crippen MR) is 115 cm³/mol. The van der Waals surface area contributed by atoms with Gasteiger partial charge in [0.25, 0.3) is 0 Å². The van der Waals surface area contributed by atoms with Crippen molar-refractivity contribution in [1.82, 2.24) is 0 Å².